The van der Waals surface area contributed by atoms with Crippen molar-refractivity contribution in [3.63, 3.8) is 0 Å². The third-order valence-corrected chi connectivity index (χ3v) is 2.48. The number of aryl methyl sites for hydroxylation is 1. The maximum absolute atomic E-state index is 6.03. The lowest BCUT2D eigenvalue weighted by Gasteiger charge is -2.09. The van der Waals surface area contributed by atoms with Gasteiger partial charge in [-0.1, -0.05) is 28.9 Å². The van der Waals surface area contributed by atoms with Gasteiger partial charge in [0, 0.05) is 12.1 Å². The zero-order valence-corrected chi connectivity index (χ0v) is 10.1. The molecule has 0 amide bonds. The van der Waals surface area contributed by atoms with Crippen molar-refractivity contribution in [2.24, 2.45) is 5.73 Å². The van der Waals surface area contributed by atoms with Crippen LogP contribution in [0, 0.1) is 6.92 Å². The highest BCUT2D eigenvalue weighted by Gasteiger charge is 2.09. The maximum Gasteiger partial charge on any atom is 0.264 e. The van der Waals surface area contributed by atoms with Crippen molar-refractivity contribution in [3.8, 4) is 5.75 Å². The predicted octanol–water partition coefficient (Wildman–Crippen LogP) is 2.07. The predicted molar refractivity (Wildman–Crippen MR) is 62.7 cm³/mol. The average molecular weight is 254 g/mol. The Morgan fingerprint density at radius 1 is 1.47 bits per heavy atom. The molecule has 0 saturated heterocycles. The Morgan fingerprint density at radius 3 is 2.94 bits per heavy atom. The van der Waals surface area contributed by atoms with Crippen LogP contribution >= 0.6 is 11.6 Å². The van der Waals surface area contributed by atoms with Crippen LogP contribution in [0.2, 0.25) is 5.02 Å². The summed E-state index contributed by atoms with van der Waals surface area (Å²) in [5, 5.41) is 4.19. The van der Waals surface area contributed by atoms with Gasteiger partial charge in [-0.05, 0) is 13.0 Å². The van der Waals surface area contributed by atoms with E-state index in [0.29, 0.717) is 29.0 Å². The lowest BCUT2D eigenvalue weighted by atomic mass is 10.2. The molecule has 0 saturated carbocycles. The monoisotopic (exact) mass is 253 g/mol. The van der Waals surface area contributed by atoms with Gasteiger partial charge in [0.05, 0.1) is 5.02 Å². The van der Waals surface area contributed by atoms with Gasteiger partial charge in [0.2, 0.25) is 0 Å². The molecule has 5 nitrogen and oxygen atoms in total. The second-order valence-electron chi connectivity index (χ2n) is 3.46. The van der Waals surface area contributed by atoms with Crippen molar-refractivity contribution >= 4 is 11.6 Å². The first-order valence-electron chi connectivity index (χ1n) is 5.10. The Morgan fingerprint density at radius 2 is 2.29 bits per heavy atom. The molecule has 17 heavy (non-hydrogen) atoms. The van der Waals surface area contributed by atoms with Gasteiger partial charge in [0.25, 0.3) is 5.89 Å². The lowest BCUT2D eigenvalue weighted by Crippen LogP contribution is -2.03. The van der Waals surface area contributed by atoms with Gasteiger partial charge in [0.1, 0.15) is 5.75 Å². The van der Waals surface area contributed by atoms with Crippen LogP contribution in [0.25, 0.3) is 0 Å². The second-order valence-corrected chi connectivity index (χ2v) is 3.86. The van der Waals surface area contributed by atoms with Gasteiger partial charge in [-0.25, -0.2) is 0 Å². The minimum absolute atomic E-state index is 0.178. The van der Waals surface area contributed by atoms with E-state index in [4.69, 9.17) is 26.6 Å². The number of aromatic nitrogens is 2. The number of hydrogen-bond acceptors (Lipinski definition) is 5. The van der Waals surface area contributed by atoms with Gasteiger partial charge in [0.15, 0.2) is 12.4 Å². The molecular formula is C11H12ClN3O2. The number of hydrogen-bond donors (Lipinski definition) is 1. The molecule has 2 N–H and O–H groups in total. The van der Waals surface area contributed by atoms with E-state index in [1.54, 1.807) is 13.0 Å². The molecule has 1 heterocycles. The molecule has 2 aromatic rings. The quantitative estimate of drug-likeness (QED) is 0.903. The number of benzene rings is 1. The molecule has 1 aromatic heterocycles. The van der Waals surface area contributed by atoms with Crippen LogP contribution in [0.15, 0.2) is 22.7 Å². The zero-order chi connectivity index (χ0) is 12.3. The summed E-state index contributed by atoms with van der Waals surface area (Å²) in [5.41, 5.74) is 6.44. The summed E-state index contributed by atoms with van der Waals surface area (Å²) in [6, 6.07) is 5.43. The average Bonchev–Trinajstić information content (AvgIpc) is 2.73. The maximum atomic E-state index is 6.03. The molecule has 0 fully saturated rings. The largest absolute Gasteiger partial charge is 0.482 e. The van der Waals surface area contributed by atoms with Gasteiger partial charge in [-0.15, -0.1) is 0 Å². The first-order chi connectivity index (χ1) is 8.20. The molecular weight excluding hydrogens is 242 g/mol. The normalized spacial score (nSPS) is 10.5. The van der Waals surface area contributed by atoms with Gasteiger partial charge in [-0.3, -0.25) is 0 Å². The molecule has 0 atom stereocenters. The smallest absolute Gasteiger partial charge is 0.264 e. The summed E-state index contributed by atoms with van der Waals surface area (Å²) in [6.07, 6.45) is 0. The molecule has 0 spiro atoms. The molecule has 0 bridgehead atoms. The number of nitrogens with zero attached hydrogens (tertiary/aromatic N) is 2. The fourth-order valence-electron chi connectivity index (χ4n) is 1.41. The first-order valence-corrected chi connectivity index (χ1v) is 5.48. The SMILES string of the molecule is Cc1noc(COc2c(Cl)cccc2CN)n1. The van der Waals surface area contributed by atoms with E-state index < -0.39 is 0 Å². The van der Waals surface area contributed by atoms with E-state index in [-0.39, 0.29) is 6.61 Å². The summed E-state index contributed by atoms with van der Waals surface area (Å²) in [6.45, 7) is 2.28. The van der Waals surface area contributed by atoms with Crippen LogP contribution in [0.5, 0.6) is 5.75 Å². The number of ether oxygens (including phenoxy) is 1. The Labute approximate surface area is 104 Å². The van der Waals surface area contributed by atoms with Crippen molar-refractivity contribution in [3.05, 3.63) is 40.5 Å². The van der Waals surface area contributed by atoms with Crippen LogP contribution in [0.4, 0.5) is 0 Å². The van der Waals surface area contributed by atoms with E-state index in [0.717, 1.165) is 5.56 Å². The van der Waals surface area contributed by atoms with E-state index in [2.05, 4.69) is 10.1 Å². The van der Waals surface area contributed by atoms with Crippen molar-refractivity contribution < 1.29 is 9.26 Å². The minimum atomic E-state index is 0.178. The highest BCUT2D eigenvalue weighted by molar-refractivity contribution is 6.32. The molecule has 6 heteroatoms. The Balaban J connectivity index is 2.13. The Kier molecular flexibility index (Phi) is 3.61. The van der Waals surface area contributed by atoms with E-state index in [1.165, 1.54) is 0 Å². The van der Waals surface area contributed by atoms with Crippen molar-refractivity contribution in [1.82, 2.24) is 10.1 Å². The lowest BCUT2D eigenvalue weighted by molar-refractivity contribution is 0.241. The summed E-state index contributed by atoms with van der Waals surface area (Å²) in [7, 11) is 0. The Bertz CT molecular complexity index is 513. The van der Waals surface area contributed by atoms with Crippen molar-refractivity contribution in [1.29, 1.82) is 0 Å². The van der Waals surface area contributed by atoms with Gasteiger partial charge < -0.3 is 15.0 Å². The van der Waals surface area contributed by atoms with E-state index in [1.807, 2.05) is 12.1 Å². The molecule has 0 unspecified atom stereocenters. The summed E-state index contributed by atoms with van der Waals surface area (Å²) < 4.78 is 10.5. The fourth-order valence-corrected chi connectivity index (χ4v) is 1.66. The third kappa shape index (κ3) is 2.75. The van der Waals surface area contributed by atoms with Crippen LogP contribution < -0.4 is 10.5 Å². The molecule has 90 valence electrons. The number of halogens is 1. The molecule has 0 radical (unpaired) electrons. The molecule has 0 aliphatic carbocycles. The third-order valence-electron chi connectivity index (χ3n) is 2.18. The minimum Gasteiger partial charge on any atom is -0.482 e. The second kappa shape index (κ2) is 5.16. The van der Waals surface area contributed by atoms with Gasteiger partial charge >= 0.3 is 0 Å². The fraction of sp³-hybridized carbons (Fsp3) is 0.273. The standard InChI is InChI=1S/C11H12ClN3O2/c1-7-14-10(17-15-7)6-16-11-8(5-13)3-2-4-9(11)12/h2-4H,5-6,13H2,1H3. The van der Waals surface area contributed by atoms with E-state index >= 15 is 0 Å². The molecule has 1 aromatic carbocycles. The van der Waals surface area contributed by atoms with Crippen LogP contribution in [-0.2, 0) is 13.2 Å². The molecule has 2 rings (SSSR count). The highest BCUT2D eigenvalue weighted by Crippen LogP contribution is 2.28. The number of para-hydroxylation sites is 1. The van der Waals surface area contributed by atoms with Crippen molar-refractivity contribution in [2.75, 3.05) is 0 Å². The number of nitrogens with two attached hydrogens (primary N) is 1. The van der Waals surface area contributed by atoms with Crippen LogP contribution in [0.3, 0.4) is 0 Å². The van der Waals surface area contributed by atoms with Crippen LogP contribution in [0.1, 0.15) is 17.3 Å². The summed E-state index contributed by atoms with van der Waals surface area (Å²) in [5.74, 6) is 1.54. The molecule has 0 aliphatic heterocycles. The van der Waals surface area contributed by atoms with Crippen molar-refractivity contribution in [2.45, 2.75) is 20.1 Å². The van der Waals surface area contributed by atoms with Gasteiger partial charge in [-0.2, -0.15) is 4.98 Å². The zero-order valence-electron chi connectivity index (χ0n) is 9.31. The van der Waals surface area contributed by atoms with Crippen LogP contribution in [-0.4, -0.2) is 10.1 Å². The first kappa shape index (κ1) is 11.9. The summed E-state index contributed by atoms with van der Waals surface area (Å²) in [4.78, 5) is 4.03. The molecule has 0 aliphatic rings. The highest BCUT2D eigenvalue weighted by atomic mass is 35.5. The topological polar surface area (TPSA) is 74.2 Å². The number of rotatable bonds is 4. The summed E-state index contributed by atoms with van der Waals surface area (Å²) >= 11 is 6.03. The Hall–Kier alpha value is -1.59. The van der Waals surface area contributed by atoms with E-state index in [9.17, 15) is 0 Å².